The van der Waals surface area contributed by atoms with Gasteiger partial charge in [-0.15, -0.1) is 9.24 Å². The summed E-state index contributed by atoms with van der Waals surface area (Å²) < 4.78 is 0. The number of hydrogen-bond donors (Lipinski definition) is 0. The van der Waals surface area contributed by atoms with Gasteiger partial charge in [-0.1, -0.05) is 50.8 Å². The van der Waals surface area contributed by atoms with Crippen LogP contribution in [0.4, 0.5) is 0 Å². The Morgan fingerprint density at radius 2 is 1.79 bits per heavy atom. The lowest BCUT2D eigenvalue weighted by atomic mass is 9.97. The average molecular weight is 208 g/mol. The van der Waals surface area contributed by atoms with Crippen molar-refractivity contribution in [3.05, 3.63) is 48.1 Å². The maximum atomic E-state index is 3.92. The summed E-state index contributed by atoms with van der Waals surface area (Å²) in [6, 6.07) is 0. The first-order valence-corrected chi connectivity index (χ1v) is 5.33. The van der Waals surface area contributed by atoms with Gasteiger partial charge in [0.05, 0.1) is 0 Å². The highest BCUT2D eigenvalue weighted by atomic mass is 31.0. The van der Waals surface area contributed by atoms with Crippen molar-refractivity contribution in [1.82, 2.24) is 0 Å². The summed E-state index contributed by atoms with van der Waals surface area (Å²) in [4.78, 5) is 0. The first kappa shape index (κ1) is 13.4. The van der Waals surface area contributed by atoms with Crippen molar-refractivity contribution in [3.8, 4) is 0 Å². The summed E-state index contributed by atoms with van der Waals surface area (Å²) in [5, 5.41) is 0.0743. The zero-order valence-electron chi connectivity index (χ0n) is 9.72. The SMILES string of the molecule is C=C/C=C(\C=C(/C)C(=C)C)C(C)(C)P. The third-order valence-electron chi connectivity index (χ3n) is 2.09. The molecule has 0 nitrogen and oxygen atoms in total. The van der Waals surface area contributed by atoms with E-state index in [-0.39, 0.29) is 5.16 Å². The summed E-state index contributed by atoms with van der Waals surface area (Å²) in [6.45, 7) is 16.1. The van der Waals surface area contributed by atoms with Crippen LogP contribution in [0.15, 0.2) is 48.1 Å². The maximum Gasteiger partial charge on any atom is 0.00414 e. The quantitative estimate of drug-likeness (QED) is 0.478. The van der Waals surface area contributed by atoms with Crippen LogP contribution in [0.2, 0.25) is 0 Å². The molecule has 1 heteroatoms. The van der Waals surface area contributed by atoms with E-state index in [9.17, 15) is 0 Å². The van der Waals surface area contributed by atoms with Crippen molar-refractivity contribution in [2.45, 2.75) is 32.9 Å². The standard InChI is InChI=1S/C13H21P/c1-7-8-12(13(5,6)14)9-11(4)10(2)3/h7-9H,1-2,14H2,3-6H3/b11-9+,12-8+. The van der Waals surface area contributed by atoms with E-state index in [1.807, 2.05) is 19.1 Å². The molecule has 0 saturated heterocycles. The van der Waals surface area contributed by atoms with E-state index >= 15 is 0 Å². The molecular formula is C13H21P. The molecule has 0 aliphatic heterocycles. The Morgan fingerprint density at radius 3 is 2.07 bits per heavy atom. The molecule has 0 saturated carbocycles. The topological polar surface area (TPSA) is 0 Å². The lowest BCUT2D eigenvalue weighted by molar-refractivity contribution is 0.856. The van der Waals surface area contributed by atoms with Gasteiger partial charge >= 0.3 is 0 Å². The summed E-state index contributed by atoms with van der Waals surface area (Å²) in [5.41, 5.74) is 3.57. The Morgan fingerprint density at radius 1 is 1.29 bits per heavy atom. The largest absolute Gasteiger partial charge is 0.127 e. The third-order valence-corrected chi connectivity index (χ3v) is 2.42. The second kappa shape index (κ2) is 5.32. The highest BCUT2D eigenvalue weighted by Crippen LogP contribution is 2.29. The molecule has 14 heavy (non-hydrogen) atoms. The average Bonchev–Trinajstić information content (AvgIpc) is 2.01. The third kappa shape index (κ3) is 4.58. The molecule has 0 aromatic rings. The van der Waals surface area contributed by atoms with E-state index < -0.39 is 0 Å². The van der Waals surface area contributed by atoms with Crippen LogP contribution >= 0.6 is 9.24 Å². The Balaban J connectivity index is 5.08. The lowest BCUT2D eigenvalue weighted by Crippen LogP contribution is -2.11. The highest BCUT2D eigenvalue weighted by molar-refractivity contribution is 7.19. The van der Waals surface area contributed by atoms with E-state index in [4.69, 9.17) is 0 Å². The van der Waals surface area contributed by atoms with Crippen LogP contribution in [0, 0.1) is 0 Å². The predicted octanol–water partition coefficient (Wildman–Crippen LogP) is 4.27. The molecule has 0 aromatic heterocycles. The minimum Gasteiger partial charge on any atom is -0.127 e. The first-order chi connectivity index (χ1) is 6.29. The van der Waals surface area contributed by atoms with E-state index in [0.29, 0.717) is 0 Å². The lowest BCUT2D eigenvalue weighted by Gasteiger charge is -2.20. The van der Waals surface area contributed by atoms with Crippen LogP contribution in [-0.4, -0.2) is 5.16 Å². The Bertz CT molecular complexity index is 285. The molecule has 78 valence electrons. The molecule has 0 amide bonds. The second-order valence-corrected chi connectivity index (χ2v) is 5.63. The molecule has 1 unspecified atom stereocenters. The van der Waals surface area contributed by atoms with E-state index in [0.717, 1.165) is 5.57 Å². The monoisotopic (exact) mass is 208 g/mol. The number of rotatable bonds is 4. The van der Waals surface area contributed by atoms with Gasteiger partial charge in [-0.25, -0.2) is 0 Å². The van der Waals surface area contributed by atoms with Crippen molar-refractivity contribution >= 4 is 9.24 Å². The van der Waals surface area contributed by atoms with Gasteiger partial charge < -0.3 is 0 Å². The van der Waals surface area contributed by atoms with Crippen molar-refractivity contribution < 1.29 is 0 Å². The van der Waals surface area contributed by atoms with Gasteiger partial charge in [-0.3, -0.25) is 0 Å². The molecule has 0 aliphatic rings. The number of allylic oxidation sites excluding steroid dienone is 6. The zero-order valence-corrected chi connectivity index (χ0v) is 10.9. The molecule has 0 aliphatic carbocycles. The Kier molecular flexibility index (Phi) is 5.08. The first-order valence-electron chi connectivity index (χ1n) is 4.75. The minimum atomic E-state index is 0.0743. The van der Waals surface area contributed by atoms with Crippen LogP contribution < -0.4 is 0 Å². The molecule has 0 rings (SSSR count). The van der Waals surface area contributed by atoms with Gasteiger partial charge in [0.25, 0.3) is 0 Å². The predicted molar refractivity (Wildman–Crippen MR) is 70.6 cm³/mol. The fourth-order valence-corrected chi connectivity index (χ4v) is 1.11. The van der Waals surface area contributed by atoms with Crippen molar-refractivity contribution in [2.24, 2.45) is 0 Å². The molecule has 1 atom stereocenters. The highest BCUT2D eigenvalue weighted by Gasteiger charge is 2.14. The summed E-state index contributed by atoms with van der Waals surface area (Å²) in [5.74, 6) is 0. The van der Waals surface area contributed by atoms with Gasteiger partial charge in [-0.2, -0.15) is 0 Å². The summed E-state index contributed by atoms with van der Waals surface area (Å²) in [6.07, 6.45) is 6.03. The van der Waals surface area contributed by atoms with Gasteiger partial charge in [0.15, 0.2) is 0 Å². The maximum absolute atomic E-state index is 3.92. The van der Waals surface area contributed by atoms with E-state index in [2.05, 4.69) is 49.2 Å². The zero-order chi connectivity index (χ0) is 11.4. The van der Waals surface area contributed by atoms with Gasteiger partial charge in [0.1, 0.15) is 0 Å². The van der Waals surface area contributed by atoms with Crippen LogP contribution in [-0.2, 0) is 0 Å². The van der Waals surface area contributed by atoms with Crippen molar-refractivity contribution in [3.63, 3.8) is 0 Å². The minimum absolute atomic E-state index is 0.0743. The van der Waals surface area contributed by atoms with Crippen molar-refractivity contribution in [1.29, 1.82) is 0 Å². The molecule has 0 bridgehead atoms. The fraction of sp³-hybridized carbons (Fsp3) is 0.385. The Hall–Kier alpha value is -0.610. The molecule has 0 heterocycles. The molecule has 0 N–H and O–H groups in total. The fourth-order valence-electron chi connectivity index (χ4n) is 0.932. The van der Waals surface area contributed by atoms with Gasteiger partial charge in [0.2, 0.25) is 0 Å². The van der Waals surface area contributed by atoms with Crippen LogP contribution in [0.3, 0.4) is 0 Å². The number of hydrogen-bond acceptors (Lipinski definition) is 0. The van der Waals surface area contributed by atoms with Crippen molar-refractivity contribution in [2.75, 3.05) is 0 Å². The van der Waals surface area contributed by atoms with Crippen LogP contribution in [0.25, 0.3) is 0 Å². The Labute approximate surface area is 90.7 Å². The van der Waals surface area contributed by atoms with Crippen LogP contribution in [0.5, 0.6) is 0 Å². The molecule has 0 fully saturated rings. The molecular weight excluding hydrogens is 187 g/mol. The van der Waals surface area contributed by atoms with Gasteiger partial charge in [0, 0.05) is 5.16 Å². The summed E-state index contributed by atoms with van der Waals surface area (Å²) in [7, 11) is 2.84. The molecule has 0 aromatic carbocycles. The van der Waals surface area contributed by atoms with E-state index in [1.54, 1.807) is 0 Å². The smallest absolute Gasteiger partial charge is 0.00414 e. The molecule has 0 spiro atoms. The second-order valence-electron chi connectivity index (χ2n) is 4.19. The van der Waals surface area contributed by atoms with E-state index in [1.165, 1.54) is 11.1 Å². The normalized spacial score (nSPS) is 14.1. The van der Waals surface area contributed by atoms with Gasteiger partial charge in [-0.05, 0) is 25.0 Å². The summed E-state index contributed by atoms with van der Waals surface area (Å²) >= 11 is 0. The van der Waals surface area contributed by atoms with Crippen LogP contribution in [0.1, 0.15) is 27.7 Å². The molecule has 0 radical (unpaired) electrons.